The van der Waals surface area contributed by atoms with E-state index >= 15 is 0 Å². The lowest BCUT2D eigenvalue weighted by Crippen LogP contribution is -2.46. The van der Waals surface area contributed by atoms with Crippen molar-refractivity contribution in [2.45, 2.75) is 18.9 Å². The largest absolute Gasteiger partial charge is 0.340 e. The Balaban J connectivity index is 1.49. The van der Waals surface area contributed by atoms with Gasteiger partial charge in [0.15, 0.2) is 6.04 Å². The Bertz CT molecular complexity index is 992. The Labute approximate surface area is 179 Å². The lowest BCUT2D eigenvalue weighted by molar-refractivity contribution is -0.137. The minimum atomic E-state index is -0.555. The van der Waals surface area contributed by atoms with Crippen LogP contribution in [-0.2, 0) is 9.59 Å². The van der Waals surface area contributed by atoms with Gasteiger partial charge in [-0.15, -0.1) is 0 Å². The number of nitrogens with one attached hydrogen (secondary N) is 1. The van der Waals surface area contributed by atoms with Crippen LogP contribution >= 0.6 is 11.6 Å². The number of amides is 2. The molecule has 7 nitrogen and oxygen atoms in total. The number of hydrogen-bond donors (Lipinski definition) is 1. The van der Waals surface area contributed by atoms with Gasteiger partial charge in [-0.3, -0.25) is 14.3 Å². The highest BCUT2D eigenvalue weighted by Crippen LogP contribution is 2.25. The average molecular weight is 424 g/mol. The van der Waals surface area contributed by atoms with E-state index in [1.807, 2.05) is 30.3 Å². The summed E-state index contributed by atoms with van der Waals surface area (Å²) in [5.74, 6) is -0.0505. The first-order chi connectivity index (χ1) is 14.6. The molecule has 3 aromatic rings. The second-order valence-corrected chi connectivity index (χ2v) is 7.71. The second kappa shape index (κ2) is 9.09. The van der Waals surface area contributed by atoms with E-state index in [0.717, 1.165) is 18.4 Å². The molecular weight excluding hydrogens is 402 g/mol. The van der Waals surface area contributed by atoms with Gasteiger partial charge < -0.3 is 10.2 Å². The lowest BCUT2D eigenvalue weighted by atomic mass is 9.95. The normalized spacial score (nSPS) is 17.4. The van der Waals surface area contributed by atoms with Gasteiger partial charge in [0.1, 0.15) is 5.82 Å². The zero-order valence-corrected chi connectivity index (χ0v) is 17.1. The van der Waals surface area contributed by atoms with Crippen LogP contribution in [0.1, 0.15) is 24.4 Å². The summed E-state index contributed by atoms with van der Waals surface area (Å²) in [7, 11) is 0. The predicted octanol–water partition coefficient (Wildman–Crippen LogP) is 3.40. The van der Waals surface area contributed by atoms with Crippen molar-refractivity contribution in [1.82, 2.24) is 19.7 Å². The number of piperidine rings is 1. The van der Waals surface area contributed by atoms with E-state index in [1.165, 1.54) is 6.20 Å². The van der Waals surface area contributed by atoms with Crippen LogP contribution in [0.4, 0.5) is 5.82 Å². The zero-order chi connectivity index (χ0) is 20.9. The fourth-order valence-corrected chi connectivity index (χ4v) is 3.83. The summed E-state index contributed by atoms with van der Waals surface area (Å²) in [5.41, 5.74) is 0.864. The molecule has 1 saturated heterocycles. The van der Waals surface area contributed by atoms with Crippen LogP contribution in [0.3, 0.4) is 0 Å². The van der Waals surface area contributed by atoms with Gasteiger partial charge in [-0.25, -0.2) is 4.98 Å². The monoisotopic (exact) mass is 423 g/mol. The second-order valence-electron chi connectivity index (χ2n) is 7.27. The summed E-state index contributed by atoms with van der Waals surface area (Å²) in [4.78, 5) is 32.1. The first-order valence-corrected chi connectivity index (χ1v) is 10.2. The SMILES string of the molecule is O=C(Nc1ccc(Cl)cn1)C1CCCN(C(=O)C(c2ccccc2)n2cccn2)C1. The summed E-state index contributed by atoms with van der Waals surface area (Å²) in [6, 6.07) is 14.2. The molecule has 3 heterocycles. The number of anilines is 1. The van der Waals surface area contributed by atoms with Gasteiger partial charge in [-0.1, -0.05) is 41.9 Å². The van der Waals surface area contributed by atoms with E-state index in [9.17, 15) is 9.59 Å². The highest BCUT2D eigenvalue weighted by atomic mass is 35.5. The first kappa shape index (κ1) is 20.1. The van der Waals surface area contributed by atoms with Gasteiger partial charge in [-0.2, -0.15) is 5.10 Å². The molecule has 2 amide bonds. The van der Waals surface area contributed by atoms with E-state index < -0.39 is 6.04 Å². The minimum absolute atomic E-state index is 0.0629. The molecule has 154 valence electrons. The molecular formula is C22H22ClN5O2. The fraction of sp³-hybridized carbons (Fsp3) is 0.273. The van der Waals surface area contributed by atoms with Crippen molar-refractivity contribution < 1.29 is 9.59 Å². The Morgan fingerprint density at radius 1 is 1.13 bits per heavy atom. The van der Waals surface area contributed by atoms with E-state index in [4.69, 9.17) is 11.6 Å². The molecule has 1 fully saturated rings. The molecule has 1 aliphatic rings. The smallest absolute Gasteiger partial charge is 0.252 e. The Morgan fingerprint density at radius 3 is 2.67 bits per heavy atom. The Morgan fingerprint density at radius 2 is 1.97 bits per heavy atom. The van der Waals surface area contributed by atoms with Gasteiger partial charge in [-0.05, 0) is 36.6 Å². The van der Waals surface area contributed by atoms with Gasteiger partial charge in [0.05, 0.1) is 10.9 Å². The molecule has 4 rings (SSSR count). The van der Waals surface area contributed by atoms with Crippen LogP contribution in [0.25, 0.3) is 0 Å². The molecule has 2 atom stereocenters. The van der Waals surface area contributed by atoms with Crippen molar-refractivity contribution in [2.24, 2.45) is 5.92 Å². The van der Waals surface area contributed by atoms with Crippen molar-refractivity contribution in [3.63, 3.8) is 0 Å². The summed E-state index contributed by atoms with van der Waals surface area (Å²) in [5, 5.41) is 7.63. The van der Waals surface area contributed by atoms with Crippen LogP contribution in [0.15, 0.2) is 67.1 Å². The number of carbonyl (C=O) groups is 2. The van der Waals surface area contributed by atoms with Gasteiger partial charge >= 0.3 is 0 Å². The molecule has 2 unspecified atom stereocenters. The topological polar surface area (TPSA) is 80.1 Å². The first-order valence-electron chi connectivity index (χ1n) is 9.87. The van der Waals surface area contributed by atoms with Crippen LogP contribution in [0.5, 0.6) is 0 Å². The molecule has 0 bridgehead atoms. The van der Waals surface area contributed by atoms with Crippen molar-refractivity contribution in [1.29, 1.82) is 0 Å². The maximum Gasteiger partial charge on any atom is 0.252 e. The van der Waals surface area contributed by atoms with Crippen molar-refractivity contribution >= 4 is 29.2 Å². The van der Waals surface area contributed by atoms with Gasteiger partial charge in [0.2, 0.25) is 5.91 Å². The predicted molar refractivity (Wildman–Crippen MR) is 114 cm³/mol. The molecule has 1 aromatic carbocycles. The van der Waals surface area contributed by atoms with Gasteiger partial charge in [0, 0.05) is 31.7 Å². The molecule has 0 aliphatic carbocycles. The molecule has 0 saturated carbocycles. The molecule has 1 N–H and O–H groups in total. The minimum Gasteiger partial charge on any atom is -0.340 e. The van der Waals surface area contributed by atoms with Crippen LogP contribution in [0.2, 0.25) is 5.02 Å². The lowest BCUT2D eigenvalue weighted by Gasteiger charge is -2.34. The third-order valence-corrected chi connectivity index (χ3v) is 5.44. The standard InChI is InChI=1S/C22H22ClN5O2/c23-18-9-10-19(24-14-18)26-21(29)17-8-4-12-27(15-17)22(30)20(28-13-5-11-25-28)16-6-2-1-3-7-16/h1-3,5-7,9-11,13-14,17,20H,4,8,12,15H2,(H,24,26,29). The van der Waals surface area contributed by atoms with E-state index in [0.29, 0.717) is 23.9 Å². The third-order valence-electron chi connectivity index (χ3n) is 5.22. The Hall–Kier alpha value is -3.19. The number of carbonyl (C=O) groups excluding carboxylic acids is 2. The number of rotatable bonds is 5. The number of hydrogen-bond acceptors (Lipinski definition) is 4. The van der Waals surface area contributed by atoms with E-state index in [-0.39, 0.29) is 17.7 Å². The molecule has 8 heteroatoms. The van der Waals surface area contributed by atoms with E-state index in [2.05, 4.69) is 15.4 Å². The Kier molecular flexibility index (Phi) is 6.09. The third kappa shape index (κ3) is 4.52. The molecule has 0 spiro atoms. The van der Waals surface area contributed by atoms with Crippen LogP contribution in [0, 0.1) is 5.92 Å². The molecule has 1 aliphatic heterocycles. The number of likely N-dealkylation sites (tertiary alicyclic amines) is 1. The number of nitrogens with zero attached hydrogens (tertiary/aromatic N) is 4. The average Bonchev–Trinajstić information content (AvgIpc) is 3.30. The molecule has 0 radical (unpaired) electrons. The summed E-state index contributed by atoms with van der Waals surface area (Å²) in [6.07, 6.45) is 6.42. The van der Waals surface area contributed by atoms with Crippen molar-refractivity contribution in [3.8, 4) is 0 Å². The van der Waals surface area contributed by atoms with E-state index in [1.54, 1.807) is 40.2 Å². The van der Waals surface area contributed by atoms with Crippen molar-refractivity contribution in [2.75, 3.05) is 18.4 Å². The summed E-state index contributed by atoms with van der Waals surface area (Å²) < 4.78 is 1.67. The highest BCUT2D eigenvalue weighted by Gasteiger charge is 2.33. The maximum atomic E-state index is 13.5. The fourth-order valence-electron chi connectivity index (χ4n) is 3.72. The van der Waals surface area contributed by atoms with Crippen LogP contribution in [-0.4, -0.2) is 44.6 Å². The quantitative estimate of drug-likeness (QED) is 0.682. The summed E-state index contributed by atoms with van der Waals surface area (Å²) in [6.45, 7) is 0.981. The van der Waals surface area contributed by atoms with Crippen LogP contribution < -0.4 is 5.32 Å². The molecule has 30 heavy (non-hydrogen) atoms. The number of benzene rings is 1. The highest BCUT2D eigenvalue weighted by molar-refractivity contribution is 6.30. The van der Waals surface area contributed by atoms with Gasteiger partial charge in [0.25, 0.3) is 5.91 Å². The molecule has 2 aromatic heterocycles. The number of halogens is 1. The maximum absolute atomic E-state index is 13.5. The number of aromatic nitrogens is 3. The zero-order valence-electron chi connectivity index (χ0n) is 16.3. The summed E-state index contributed by atoms with van der Waals surface area (Å²) >= 11 is 5.85. The number of pyridine rings is 1. The van der Waals surface area contributed by atoms with Crippen molar-refractivity contribution in [3.05, 3.63) is 77.7 Å².